The first kappa shape index (κ1) is 21.3. The van der Waals surface area contributed by atoms with Crippen molar-refractivity contribution in [1.29, 1.82) is 0 Å². The maximum atomic E-state index is 5.85. The second kappa shape index (κ2) is 9.25. The molecule has 0 amide bonds. The highest BCUT2D eigenvalue weighted by molar-refractivity contribution is 4.93. The minimum absolute atomic E-state index is 0.478. The van der Waals surface area contributed by atoms with E-state index in [-0.39, 0.29) is 0 Å². The lowest BCUT2D eigenvalue weighted by molar-refractivity contribution is -0.0595. The van der Waals surface area contributed by atoms with E-state index >= 15 is 0 Å². The molecule has 0 spiro atoms. The summed E-state index contributed by atoms with van der Waals surface area (Å²) < 4.78 is 5.85. The Labute approximate surface area is 158 Å². The van der Waals surface area contributed by atoms with Crippen molar-refractivity contribution in [3.8, 4) is 0 Å². The highest BCUT2D eigenvalue weighted by Gasteiger charge is 2.44. The van der Waals surface area contributed by atoms with Gasteiger partial charge in [-0.3, -0.25) is 0 Å². The van der Waals surface area contributed by atoms with Crippen LogP contribution in [0.4, 0.5) is 0 Å². The van der Waals surface area contributed by atoms with Gasteiger partial charge >= 0.3 is 0 Å². The Kier molecular flexibility index (Phi) is 7.86. The molecule has 2 aliphatic carbocycles. The molecule has 0 aliphatic heterocycles. The molecular formula is C24H46O. The summed E-state index contributed by atoms with van der Waals surface area (Å²) in [6.07, 6.45) is 8.81. The number of hydrogen-bond donors (Lipinski definition) is 0. The minimum atomic E-state index is 0.478. The molecule has 25 heavy (non-hydrogen) atoms. The maximum Gasteiger partial charge on any atom is 0.0602 e. The summed E-state index contributed by atoms with van der Waals surface area (Å²) >= 11 is 0. The average Bonchev–Trinajstić information content (AvgIpc) is 2.62. The van der Waals surface area contributed by atoms with E-state index in [1.54, 1.807) is 0 Å². The van der Waals surface area contributed by atoms with Crippen molar-refractivity contribution >= 4 is 0 Å². The van der Waals surface area contributed by atoms with Gasteiger partial charge in [0.25, 0.3) is 0 Å². The van der Waals surface area contributed by atoms with Crippen molar-refractivity contribution in [1.82, 2.24) is 0 Å². The van der Waals surface area contributed by atoms with Crippen LogP contribution in [0.3, 0.4) is 0 Å². The van der Waals surface area contributed by atoms with Crippen molar-refractivity contribution in [3.05, 3.63) is 0 Å². The number of hydrogen-bond acceptors (Lipinski definition) is 1. The van der Waals surface area contributed by atoms with Crippen molar-refractivity contribution in [2.75, 3.05) is 7.11 Å². The predicted molar refractivity (Wildman–Crippen MR) is 110 cm³/mol. The lowest BCUT2D eigenvalue weighted by Gasteiger charge is -2.50. The summed E-state index contributed by atoms with van der Waals surface area (Å²) in [6, 6.07) is 0. The van der Waals surface area contributed by atoms with Gasteiger partial charge in [0.2, 0.25) is 0 Å². The Morgan fingerprint density at radius 1 is 0.640 bits per heavy atom. The Morgan fingerprint density at radius 2 is 1.20 bits per heavy atom. The van der Waals surface area contributed by atoms with E-state index in [9.17, 15) is 0 Å². The van der Waals surface area contributed by atoms with Crippen LogP contribution in [0.15, 0.2) is 0 Å². The summed E-state index contributed by atoms with van der Waals surface area (Å²) in [5.74, 6) is 7.93. The van der Waals surface area contributed by atoms with Gasteiger partial charge in [0.05, 0.1) is 6.10 Å². The third kappa shape index (κ3) is 4.28. The molecule has 0 bridgehead atoms. The Morgan fingerprint density at radius 3 is 1.72 bits per heavy atom. The van der Waals surface area contributed by atoms with E-state index in [4.69, 9.17) is 4.74 Å². The van der Waals surface area contributed by atoms with Crippen LogP contribution in [-0.4, -0.2) is 13.2 Å². The van der Waals surface area contributed by atoms with Gasteiger partial charge in [0, 0.05) is 7.11 Å². The van der Waals surface area contributed by atoms with Crippen LogP contribution in [0.1, 0.15) is 87.0 Å². The Bertz CT molecular complexity index is 388. The summed E-state index contributed by atoms with van der Waals surface area (Å²) in [6.45, 7) is 17.3. The largest absolute Gasteiger partial charge is 0.381 e. The molecule has 4 unspecified atom stereocenters. The molecule has 1 heteroatoms. The minimum Gasteiger partial charge on any atom is -0.381 e. The lowest BCUT2D eigenvalue weighted by Crippen LogP contribution is -2.44. The first-order valence-corrected chi connectivity index (χ1v) is 11.4. The highest BCUT2D eigenvalue weighted by atomic mass is 16.5. The number of methoxy groups -OCH3 is 1. The van der Waals surface area contributed by atoms with Crippen LogP contribution < -0.4 is 0 Å². The zero-order valence-corrected chi connectivity index (χ0v) is 18.4. The monoisotopic (exact) mass is 350 g/mol. The molecule has 2 aliphatic rings. The number of ether oxygens (including phenoxy) is 1. The molecule has 148 valence electrons. The van der Waals surface area contributed by atoms with Crippen molar-refractivity contribution < 1.29 is 4.74 Å². The van der Waals surface area contributed by atoms with Crippen molar-refractivity contribution in [3.63, 3.8) is 0 Å². The molecule has 0 N–H and O–H groups in total. The summed E-state index contributed by atoms with van der Waals surface area (Å²) in [4.78, 5) is 0. The van der Waals surface area contributed by atoms with Gasteiger partial charge < -0.3 is 4.74 Å². The van der Waals surface area contributed by atoms with E-state index in [2.05, 4.69) is 48.5 Å². The van der Waals surface area contributed by atoms with Crippen LogP contribution in [0, 0.1) is 53.3 Å². The van der Waals surface area contributed by atoms with Gasteiger partial charge in [0.1, 0.15) is 0 Å². The summed E-state index contributed by atoms with van der Waals surface area (Å²) in [5.41, 5.74) is 0. The second-order valence-electron chi connectivity index (χ2n) is 9.75. The lowest BCUT2D eigenvalue weighted by atomic mass is 9.56. The molecule has 0 heterocycles. The Balaban J connectivity index is 2.13. The Hall–Kier alpha value is -0.0400. The van der Waals surface area contributed by atoms with Crippen LogP contribution in [0.25, 0.3) is 0 Å². The van der Waals surface area contributed by atoms with E-state index < -0.39 is 0 Å². The fourth-order valence-electron chi connectivity index (χ4n) is 6.89. The molecule has 0 aromatic carbocycles. The third-order valence-corrected chi connectivity index (χ3v) is 9.09. The van der Waals surface area contributed by atoms with Gasteiger partial charge in [-0.2, -0.15) is 0 Å². The van der Waals surface area contributed by atoms with Crippen LogP contribution >= 0.6 is 0 Å². The third-order valence-electron chi connectivity index (χ3n) is 9.09. The molecule has 10 atom stereocenters. The topological polar surface area (TPSA) is 9.23 Å². The SMILES string of the molecule is CCC1C[C@H](OC)C(C)[C@H](C)[C@@H]1C[C@@H]1CC(CC)[C@H](CC)[C@@H](C)C1C. The zero-order chi connectivity index (χ0) is 18.7. The van der Waals surface area contributed by atoms with Gasteiger partial charge in [-0.1, -0.05) is 67.7 Å². The van der Waals surface area contributed by atoms with Gasteiger partial charge in [-0.05, 0) is 72.5 Å². The molecule has 2 rings (SSSR count). The predicted octanol–water partition coefficient (Wildman–Crippen LogP) is 7.05. The van der Waals surface area contributed by atoms with Crippen LogP contribution in [0.2, 0.25) is 0 Å². The maximum absolute atomic E-state index is 5.85. The molecule has 1 nitrogen and oxygen atoms in total. The highest BCUT2D eigenvalue weighted by Crippen LogP contribution is 2.51. The van der Waals surface area contributed by atoms with E-state index in [0.29, 0.717) is 12.0 Å². The van der Waals surface area contributed by atoms with Crippen molar-refractivity contribution in [2.24, 2.45) is 53.3 Å². The molecule has 2 fully saturated rings. The second-order valence-corrected chi connectivity index (χ2v) is 9.75. The first-order chi connectivity index (χ1) is 11.9. The summed E-state index contributed by atoms with van der Waals surface area (Å²) in [5, 5.41) is 0. The van der Waals surface area contributed by atoms with E-state index in [0.717, 1.165) is 47.3 Å². The molecule has 2 saturated carbocycles. The standard InChI is InChI=1S/C24H46O/c1-9-19-12-21(15(4)16(5)22(19)11-3)13-23-17(6)18(7)24(25-8)14-20(23)10-2/h15-24H,9-14H2,1-8H3/t15?,16-,17-,18?,19?,20?,21-,22+,23-,24-/m0/s1. The molecular weight excluding hydrogens is 304 g/mol. The van der Waals surface area contributed by atoms with Gasteiger partial charge in [-0.25, -0.2) is 0 Å². The van der Waals surface area contributed by atoms with Crippen LogP contribution in [-0.2, 0) is 4.74 Å². The smallest absolute Gasteiger partial charge is 0.0602 e. The molecule has 0 aromatic heterocycles. The summed E-state index contributed by atoms with van der Waals surface area (Å²) in [7, 11) is 1.92. The van der Waals surface area contributed by atoms with Crippen molar-refractivity contribution in [2.45, 2.75) is 93.1 Å². The van der Waals surface area contributed by atoms with E-state index in [1.165, 1.54) is 38.5 Å². The van der Waals surface area contributed by atoms with Gasteiger partial charge in [-0.15, -0.1) is 0 Å². The molecule has 0 aromatic rings. The first-order valence-electron chi connectivity index (χ1n) is 11.4. The number of rotatable bonds is 6. The fourth-order valence-corrected chi connectivity index (χ4v) is 6.89. The van der Waals surface area contributed by atoms with Gasteiger partial charge in [0.15, 0.2) is 0 Å². The quantitative estimate of drug-likeness (QED) is 0.498. The fraction of sp³-hybridized carbons (Fsp3) is 1.00. The zero-order valence-electron chi connectivity index (χ0n) is 18.4. The normalized spacial score (nSPS) is 48.5. The van der Waals surface area contributed by atoms with E-state index in [1.807, 2.05) is 7.11 Å². The average molecular weight is 351 g/mol. The molecule has 0 radical (unpaired) electrons. The molecule has 0 saturated heterocycles. The van der Waals surface area contributed by atoms with Crippen LogP contribution in [0.5, 0.6) is 0 Å².